The number of halogens is 3. The molecule has 8 nitrogen and oxygen atoms in total. The molecule has 0 radical (unpaired) electrons. The summed E-state index contributed by atoms with van der Waals surface area (Å²) in [5.41, 5.74) is 1.98. The molecule has 0 atom stereocenters. The van der Waals surface area contributed by atoms with Crippen molar-refractivity contribution >= 4 is 23.5 Å². The van der Waals surface area contributed by atoms with Gasteiger partial charge in [0.05, 0.1) is 11.4 Å². The van der Waals surface area contributed by atoms with Crippen LogP contribution in [0.15, 0.2) is 10.5 Å². The third-order valence-corrected chi connectivity index (χ3v) is 6.34. The molecular weight excluding hydrogens is 449 g/mol. The van der Waals surface area contributed by atoms with Crippen molar-refractivity contribution in [2.45, 2.75) is 76.6 Å². The molecule has 0 bridgehead atoms. The van der Waals surface area contributed by atoms with Crippen LogP contribution in [-0.4, -0.2) is 42.2 Å². The molecule has 2 heterocycles. The number of nitrogens with zero attached hydrogens (tertiary/aromatic N) is 3. The summed E-state index contributed by atoms with van der Waals surface area (Å²) in [6, 6.07) is 0.550. The Bertz CT molecular complexity index is 1030. The number of hydrogen-bond acceptors (Lipinski definition) is 6. The number of carbonyl (C=O) groups is 1. The predicted octanol–water partition coefficient (Wildman–Crippen LogP) is 4.89. The second-order valence-corrected chi connectivity index (χ2v) is 9.29. The van der Waals surface area contributed by atoms with Crippen LogP contribution in [-0.2, 0) is 19.0 Å². The Labute approximate surface area is 196 Å². The van der Waals surface area contributed by atoms with Gasteiger partial charge in [-0.15, -0.1) is 0 Å². The maximum atomic E-state index is 13.1. The monoisotopic (exact) mass is 480 g/mol. The first-order chi connectivity index (χ1) is 16.1. The Morgan fingerprint density at radius 1 is 1.09 bits per heavy atom. The van der Waals surface area contributed by atoms with Crippen LogP contribution in [0, 0.1) is 6.92 Å². The SMILES string of the molecule is Cc1cc(NC(=O)N[C@H]2CC[C@@H](Nc3nc4c(c(N(C)C)n3)CCCC4)CC2)c(C(F)(F)F)o1. The number of carbonyl (C=O) groups excluding carboxylic acids is 1. The highest BCUT2D eigenvalue weighted by atomic mass is 19.4. The summed E-state index contributed by atoms with van der Waals surface area (Å²) in [5.74, 6) is 0.478. The number of alkyl halides is 3. The lowest BCUT2D eigenvalue weighted by molar-refractivity contribution is -0.152. The molecule has 34 heavy (non-hydrogen) atoms. The molecule has 0 spiro atoms. The van der Waals surface area contributed by atoms with Crippen LogP contribution in [0.25, 0.3) is 0 Å². The van der Waals surface area contributed by atoms with Crippen LogP contribution in [0.4, 0.5) is 35.4 Å². The first-order valence-electron chi connectivity index (χ1n) is 11.7. The molecule has 2 aromatic rings. The van der Waals surface area contributed by atoms with Crippen molar-refractivity contribution in [3.05, 3.63) is 28.8 Å². The highest BCUT2D eigenvalue weighted by molar-refractivity contribution is 5.90. The van der Waals surface area contributed by atoms with Crippen molar-refractivity contribution in [3.8, 4) is 0 Å². The van der Waals surface area contributed by atoms with E-state index in [4.69, 9.17) is 14.4 Å². The third-order valence-electron chi connectivity index (χ3n) is 6.34. The Kier molecular flexibility index (Phi) is 6.90. The quantitative estimate of drug-likeness (QED) is 0.564. The van der Waals surface area contributed by atoms with Gasteiger partial charge in [0.1, 0.15) is 11.6 Å². The van der Waals surface area contributed by atoms with Crippen LogP contribution in [0.2, 0.25) is 0 Å². The summed E-state index contributed by atoms with van der Waals surface area (Å²) in [5, 5.41) is 8.51. The van der Waals surface area contributed by atoms with Gasteiger partial charge in [-0.05, 0) is 58.3 Å². The number of rotatable bonds is 5. The van der Waals surface area contributed by atoms with Crippen LogP contribution < -0.4 is 20.9 Å². The van der Waals surface area contributed by atoms with Gasteiger partial charge in [-0.25, -0.2) is 9.78 Å². The molecule has 1 saturated carbocycles. The van der Waals surface area contributed by atoms with E-state index in [1.807, 2.05) is 19.0 Å². The van der Waals surface area contributed by atoms with E-state index in [1.54, 1.807) is 0 Å². The first-order valence-corrected chi connectivity index (χ1v) is 11.7. The van der Waals surface area contributed by atoms with E-state index < -0.39 is 18.0 Å². The van der Waals surface area contributed by atoms with E-state index >= 15 is 0 Å². The van der Waals surface area contributed by atoms with E-state index in [2.05, 4.69) is 16.0 Å². The van der Waals surface area contributed by atoms with Gasteiger partial charge in [0.25, 0.3) is 0 Å². The zero-order valence-electron chi connectivity index (χ0n) is 19.7. The summed E-state index contributed by atoms with van der Waals surface area (Å²) in [4.78, 5) is 23.9. The average molecular weight is 481 g/mol. The van der Waals surface area contributed by atoms with Gasteiger partial charge in [0.2, 0.25) is 11.7 Å². The van der Waals surface area contributed by atoms with Crippen LogP contribution >= 0.6 is 0 Å². The smallest absolute Gasteiger partial charge is 0.451 e. The predicted molar refractivity (Wildman–Crippen MR) is 123 cm³/mol. The number of urea groups is 1. The fourth-order valence-corrected chi connectivity index (χ4v) is 4.73. The van der Waals surface area contributed by atoms with E-state index in [9.17, 15) is 18.0 Å². The molecule has 3 N–H and O–H groups in total. The number of nitrogens with one attached hydrogen (secondary N) is 3. The largest absolute Gasteiger partial charge is 0.455 e. The lowest BCUT2D eigenvalue weighted by atomic mass is 9.91. The molecule has 0 aliphatic heterocycles. The Balaban J connectivity index is 1.31. The van der Waals surface area contributed by atoms with Crippen LogP contribution in [0.5, 0.6) is 0 Å². The molecule has 1 fully saturated rings. The van der Waals surface area contributed by atoms with Crippen molar-refractivity contribution < 1.29 is 22.4 Å². The van der Waals surface area contributed by atoms with Crippen LogP contribution in [0.3, 0.4) is 0 Å². The summed E-state index contributed by atoms with van der Waals surface area (Å²) in [6.07, 6.45) is 2.58. The van der Waals surface area contributed by atoms with Crippen LogP contribution in [0.1, 0.15) is 61.3 Å². The number of hydrogen-bond donors (Lipinski definition) is 3. The van der Waals surface area contributed by atoms with Gasteiger partial charge in [-0.2, -0.15) is 18.2 Å². The molecule has 0 unspecified atom stereocenters. The Morgan fingerprint density at radius 3 is 2.44 bits per heavy atom. The van der Waals surface area contributed by atoms with Gasteiger partial charge in [0.15, 0.2) is 0 Å². The summed E-state index contributed by atoms with van der Waals surface area (Å²) < 4.78 is 43.9. The highest BCUT2D eigenvalue weighted by Gasteiger charge is 2.39. The fraction of sp³-hybridized carbons (Fsp3) is 0.609. The molecule has 0 saturated heterocycles. The normalized spacial score (nSPS) is 20.4. The molecule has 2 aliphatic rings. The van der Waals surface area contributed by atoms with Crippen molar-refractivity contribution in [1.29, 1.82) is 0 Å². The van der Waals surface area contributed by atoms with E-state index in [-0.39, 0.29) is 23.5 Å². The van der Waals surface area contributed by atoms with Crippen molar-refractivity contribution in [2.24, 2.45) is 0 Å². The minimum absolute atomic E-state index is 0.0797. The molecule has 186 valence electrons. The van der Waals surface area contributed by atoms with Crippen molar-refractivity contribution in [2.75, 3.05) is 29.6 Å². The maximum Gasteiger partial charge on any atom is 0.451 e. The summed E-state index contributed by atoms with van der Waals surface area (Å²) in [6.45, 7) is 1.40. The number of fused-ring (bicyclic) bond motifs is 1. The van der Waals surface area contributed by atoms with Gasteiger partial charge in [-0.3, -0.25) is 0 Å². The molecule has 2 aromatic heterocycles. The highest BCUT2D eigenvalue weighted by Crippen LogP contribution is 2.37. The molecule has 4 rings (SSSR count). The van der Waals surface area contributed by atoms with Gasteiger partial charge < -0.3 is 25.3 Å². The minimum Gasteiger partial charge on any atom is -0.455 e. The second-order valence-electron chi connectivity index (χ2n) is 9.29. The third kappa shape index (κ3) is 5.56. The van der Waals surface area contributed by atoms with Gasteiger partial charge in [-0.1, -0.05) is 0 Å². The molecule has 0 aromatic carbocycles. The van der Waals surface area contributed by atoms with Gasteiger partial charge in [0, 0.05) is 37.8 Å². The molecule has 11 heteroatoms. The fourth-order valence-electron chi connectivity index (χ4n) is 4.73. The van der Waals surface area contributed by atoms with Crippen molar-refractivity contribution in [1.82, 2.24) is 15.3 Å². The number of furan rings is 1. The van der Waals surface area contributed by atoms with E-state index in [1.165, 1.54) is 18.6 Å². The van der Waals surface area contributed by atoms with Crippen molar-refractivity contribution in [3.63, 3.8) is 0 Å². The second kappa shape index (κ2) is 9.71. The standard InChI is InChI=1S/C23H31F3N6O2/c1-13-12-18(19(34-13)23(24,25)26)30-22(33)28-15-10-8-14(9-11-15)27-21-29-17-7-5-4-6-16(17)20(31-21)32(2)3/h12,14-15H,4-11H2,1-3H3,(H,27,29,31)(H2,28,30,33)/t14-,15+. The molecule has 2 amide bonds. The first kappa shape index (κ1) is 24.2. The number of amides is 2. The Hall–Kier alpha value is -2.98. The number of anilines is 3. The lowest BCUT2D eigenvalue weighted by Gasteiger charge is -2.30. The van der Waals surface area contributed by atoms with E-state index in [0.717, 1.165) is 50.0 Å². The minimum atomic E-state index is -4.67. The summed E-state index contributed by atoms with van der Waals surface area (Å²) >= 11 is 0. The zero-order valence-corrected chi connectivity index (χ0v) is 19.7. The maximum absolute atomic E-state index is 13.1. The molecule has 2 aliphatic carbocycles. The number of aryl methyl sites for hydroxylation is 2. The lowest BCUT2D eigenvalue weighted by Crippen LogP contribution is -2.42. The molecular formula is C23H31F3N6O2. The van der Waals surface area contributed by atoms with Gasteiger partial charge >= 0.3 is 12.2 Å². The number of aromatic nitrogens is 2. The average Bonchev–Trinajstić information content (AvgIpc) is 3.15. The van der Waals surface area contributed by atoms with E-state index in [0.29, 0.717) is 18.8 Å². The summed E-state index contributed by atoms with van der Waals surface area (Å²) in [7, 11) is 3.98. The topological polar surface area (TPSA) is 95.3 Å². The zero-order chi connectivity index (χ0) is 24.5. The Morgan fingerprint density at radius 2 is 1.76 bits per heavy atom.